The summed E-state index contributed by atoms with van der Waals surface area (Å²) in [5.41, 5.74) is 6.29. The molecule has 4 aliphatic heterocycles. The quantitative estimate of drug-likeness (QED) is 0.464. The van der Waals surface area contributed by atoms with Gasteiger partial charge in [-0.2, -0.15) is 0 Å². The van der Waals surface area contributed by atoms with Crippen LogP contribution in [-0.4, -0.2) is 88.1 Å². The van der Waals surface area contributed by atoms with Crippen LogP contribution in [0.3, 0.4) is 0 Å². The third-order valence-electron chi connectivity index (χ3n) is 13.0. The number of carbonyl (C=O) groups excluding carboxylic acids is 2. The second-order valence-corrected chi connectivity index (χ2v) is 18.0. The highest BCUT2D eigenvalue weighted by Gasteiger charge is 2.66. The standard InChI is InChI=1S/C39H46N4O6S/c1-23(2)50(46,47)40-36(44)34-29-16-43-30(15-28-31(48-4)14-13-25(35(28)43)24-9-6-5-7-10-24)32-26(33(29)34)11-8-12-27(32)37(45)42-19-38-17-41(3)18-39(38,20-42)22-49-21-38/h8,11,13-15,24,27,32H,1,5-7,9-10,12,16-22H2,2-4H3,(H,40,44)/t27-,32-,38?,39?/m1/s1. The molecule has 2 amide bonds. The lowest BCUT2D eigenvalue weighted by atomic mass is 9.71. The van der Waals surface area contributed by atoms with Crippen LogP contribution in [0.15, 0.2) is 64.1 Å². The number of hydrogen-bond acceptors (Lipinski definition) is 7. The number of allylic oxidation sites excluding steroid dienone is 5. The molecule has 1 N–H and O–H groups in total. The number of aromatic nitrogens is 1. The van der Waals surface area contributed by atoms with Crippen molar-refractivity contribution in [3.8, 4) is 5.75 Å². The van der Waals surface area contributed by atoms with Crippen LogP contribution in [-0.2, 0) is 30.9 Å². The summed E-state index contributed by atoms with van der Waals surface area (Å²) in [6.07, 6.45) is 10.6. The van der Waals surface area contributed by atoms with E-state index in [1.54, 1.807) is 7.11 Å². The number of likely N-dealkylation sites (tertiary alicyclic amines) is 2. The van der Waals surface area contributed by atoms with E-state index in [0.717, 1.165) is 65.0 Å². The first-order chi connectivity index (χ1) is 24.0. The van der Waals surface area contributed by atoms with Crippen LogP contribution in [0.4, 0.5) is 0 Å². The molecule has 0 radical (unpaired) electrons. The number of ether oxygens (including phenoxy) is 2. The molecule has 1 aromatic heterocycles. The fourth-order valence-corrected chi connectivity index (χ4v) is 11.3. The van der Waals surface area contributed by atoms with Crippen LogP contribution in [0.2, 0.25) is 0 Å². The molecule has 2 aromatic rings. The molecule has 9 rings (SSSR count). The Balaban J connectivity index is 1.18. The van der Waals surface area contributed by atoms with Crippen molar-refractivity contribution >= 4 is 32.7 Å². The van der Waals surface area contributed by atoms with Gasteiger partial charge in [0.2, 0.25) is 5.91 Å². The molecule has 0 spiro atoms. The number of methoxy groups -OCH3 is 1. The highest BCUT2D eigenvalue weighted by molar-refractivity contribution is 7.93. The number of benzene rings is 1. The summed E-state index contributed by atoms with van der Waals surface area (Å²) >= 11 is 0. The van der Waals surface area contributed by atoms with Crippen LogP contribution >= 0.6 is 0 Å². The zero-order valence-electron chi connectivity index (χ0n) is 29.2. The Kier molecular flexibility index (Phi) is 7.20. The van der Waals surface area contributed by atoms with Crippen LogP contribution < -0.4 is 9.46 Å². The van der Waals surface area contributed by atoms with E-state index in [4.69, 9.17) is 9.47 Å². The zero-order valence-corrected chi connectivity index (χ0v) is 30.0. The lowest BCUT2D eigenvalue weighted by molar-refractivity contribution is -0.136. The van der Waals surface area contributed by atoms with Crippen molar-refractivity contribution in [3.05, 3.63) is 75.4 Å². The fourth-order valence-electron chi connectivity index (χ4n) is 10.7. The second kappa shape index (κ2) is 11.2. The highest BCUT2D eigenvalue weighted by atomic mass is 32.2. The molecule has 50 heavy (non-hydrogen) atoms. The predicted molar refractivity (Wildman–Crippen MR) is 190 cm³/mol. The van der Waals surface area contributed by atoms with Gasteiger partial charge in [0.05, 0.1) is 42.2 Å². The van der Waals surface area contributed by atoms with Crippen molar-refractivity contribution in [1.29, 1.82) is 0 Å². The number of fused-ring (bicyclic) bond motifs is 6. The Bertz CT molecular complexity index is 2060. The maximum absolute atomic E-state index is 15.0. The van der Waals surface area contributed by atoms with Gasteiger partial charge in [0.25, 0.3) is 15.9 Å². The molecular weight excluding hydrogens is 653 g/mol. The molecule has 10 nitrogen and oxygen atoms in total. The topological polar surface area (TPSA) is 110 Å². The first kappa shape index (κ1) is 32.3. The van der Waals surface area contributed by atoms with E-state index in [1.807, 2.05) is 0 Å². The van der Waals surface area contributed by atoms with Gasteiger partial charge in [-0.25, -0.2) is 13.1 Å². The van der Waals surface area contributed by atoms with E-state index in [0.29, 0.717) is 50.8 Å². The SMILES string of the molecule is C=C(C)S(=O)(=O)NC(=O)C1=C2Cn3c(cc4c(OC)ccc(C5CCCCC5)c43)[C@@H]3C(=C21)C=CC[C@H]3C(=O)N1CC23COCC2(CN(C)C3)C1. The number of sulfonamides is 1. The zero-order chi connectivity index (χ0) is 34.7. The minimum Gasteiger partial charge on any atom is -0.496 e. The number of rotatable bonds is 6. The van der Waals surface area contributed by atoms with E-state index in [2.05, 4.69) is 63.1 Å². The lowest BCUT2D eigenvalue weighted by Gasteiger charge is -2.34. The Labute approximate surface area is 293 Å². The van der Waals surface area contributed by atoms with Gasteiger partial charge in [-0.3, -0.25) is 9.59 Å². The molecule has 3 aliphatic carbocycles. The number of amides is 2. The predicted octanol–water partition coefficient (Wildman–Crippen LogP) is 4.75. The van der Waals surface area contributed by atoms with Crippen LogP contribution in [0, 0.1) is 16.7 Å². The van der Waals surface area contributed by atoms with Gasteiger partial charge in [0, 0.05) is 60.6 Å². The third-order valence-corrected chi connectivity index (χ3v) is 14.4. The molecule has 0 bridgehead atoms. The molecule has 264 valence electrons. The monoisotopic (exact) mass is 698 g/mol. The largest absolute Gasteiger partial charge is 0.496 e. The van der Waals surface area contributed by atoms with Crippen LogP contribution in [0.5, 0.6) is 5.75 Å². The van der Waals surface area contributed by atoms with Crippen LogP contribution in [0.25, 0.3) is 10.9 Å². The molecule has 2 unspecified atom stereocenters. The van der Waals surface area contributed by atoms with Gasteiger partial charge < -0.3 is 23.8 Å². The summed E-state index contributed by atoms with van der Waals surface area (Å²) in [5.74, 6) is 0.0227. The lowest BCUT2D eigenvalue weighted by Crippen LogP contribution is -2.43. The highest BCUT2D eigenvalue weighted by Crippen LogP contribution is 2.58. The maximum Gasteiger partial charge on any atom is 0.265 e. The Morgan fingerprint density at radius 3 is 2.46 bits per heavy atom. The summed E-state index contributed by atoms with van der Waals surface area (Å²) in [7, 11) is -0.154. The van der Waals surface area contributed by atoms with Crippen molar-refractivity contribution in [2.45, 2.75) is 63.8 Å². The van der Waals surface area contributed by atoms with E-state index < -0.39 is 15.9 Å². The minimum atomic E-state index is -4.02. The maximum atomic E-state index is 15.0. The molecule has 1 saturated carbocycles. The minimum absolute atomic E-state index is 0.0466. The number of nitrogens with zero attached hydrogens (tertiary/aromatic N) is 3. The van der Waals surface area contributed by atoms with E-state index in [-0.39, 0.29) is 33.5 Å². The van der Waals surface area contributed by atoms with E-state index >= 15 is 0 Å². The summed E-state index contributed by atoms with van der Waals surface area (Å²) in [6.45, 7) is 9.95. The van der Waals surface area contributed by atoms with Gasteiger partial charge in [-0.15, -0.1) is 0 Å². The molecule has 4 fully saturated rings. The molecule has 5 heterocycles. The summed E-state index contributed by atoms with van der Waals surface area (Å²) in [4.78, 5) is 33.1. The third kappa shape index (κ3) is 4.54. The first-order valence-corrected chi connectivity index (χ1v) is 19.6. The first-order valence-electron chi connectivity index (χ1n) is 18.1. The number of carbonyl (C=O) groups is 2. The molecule has 7 aliphatic rings. The van der Waals surface area contributed by atoms with Gasteiger partial charge in [-0.1, -0.05) is 44.1 Å². The molecule has 3 saturated heterocycles. The smallest absolute Gasteiger partial charge is 0.265 e. The average Bonchev–Trinajstić information content (AvgIpc) is 3.22. The molecule has 11 heteroatoms. The molecular formula is C39H46N4O6S. The number of nitrogens with one attached hydrogen (secondary N) is 1. The van der Waals surface area contributed by atoms with Crippen LogP contribution in [0.1, 0.15) is 68.5 Å². The normalized spacial score (nSPS) is 30.5. The Morgan fingerprint density at radius 1 is 1.06 bits per heavy atom. The van der Waals surface area contributed by atoms with Crippen molar-refractivity contribution < 1.29 is 27.5 Å². The second-order valence-electron chi connectivity index (χ2n) is 16.1. The van der Waals surface area contributed by atoms with E-state index in [1.165, 1.54) is 31.7 Å². The summed E-state index contributed by atoms with van der Waals surface area (Å²) < 4.78 is 42.1. The average molecular weight is 699 g/mol. The fraction of sp³-hybridized carbons (Fsp3) is 0.538. The van der Waals surface area contributed by atoms with Crippen molar-refractivity contribution in [2.24, 2.45) is 16.7 Å². The van der Waals surface area contributed by atoms with E-state index in [9.17, 15) is 18.0 Å². The van der Waals surface area contributed by atoms with Crippen molar-refractivity contribution in [3.63, 3.8) is 0 Å². The van der Waals surface area contributed by atoms with Crippen molar-refractivity contribution in [1.82, 2.24) is 19.1 Å². The van der Waals surface area contributed by atoms with Gasteiger partial charge >= 0.3 is 0 Å². The van der Waals surface area contributed by atoms with Gasteiger partial charge in [0.15, 0.2) is 0 Å². The Morgan fingerprint density at radius 2 is 1.78 bits per heavy atom. The van der Waals surface area contributed by atoms with Crippen molar-refractivity contribution in [2.75, 3.05) is 53.6 Å². The van der Waals surface area contributed by atoms with Gasteiger partial charge in [-0.05, 0) is 73.6 Å². The summed E-state index contributed by atoms with van der Waals surface area (Å²) in [5, 5.41) is 1.02. The summed E-state index contributed by atoms with van der Waals surface area (Å²) in [6, 6.07) is 6.52. The number of hydrogen-bond donors (Lipinski definition) is 1. The molecule has 1 aromatic carbocycles. The molecule has 4 atom stereocenters. The van der Waals surface area contributed by atoms with Gasteiger partial charge in [0.1, 0.15) is 5.75 Å². The Hall–Kier alpha value is -3.67.